The van der Waals surface area contributed by atoms with Crippen molar-refractivity contribution in [2.75, 3.05) is 26.3 Å². The second-order valence-corrected chi connectivity index (χ2v) is 5.74. The summed E-state index contributed by atoms with van der Waals surface area (Å²) in [6.45, 7) is 5.60. The third-order valence-corrected chi connectivity index (χ3v) is 3.98. The van der Waals surface area contributed by atoms with E-state index >= 15 is 0 Å². The lowest BCUT2D eigenvalue weighted by Gasteiger charge is -2.37. The zero-order valence-electron chi connectivity index (χ0n) is 14.8. The maximum Gasteiger partial charge on any atom is 0.409 e. The van der Waals surface area contributed by atoms with Crippen molar-refractivity contribution in [3.8, 4) is 0 Å². The van der Waals surface area contributed by atoms with Gasteiger partial charge < -0.3 is 24.4 Å². The van der Waals surface area contributed by atoms with Crippen LogP contribution in [-0.2, 0) is 20.8 Å². The summed E-state index contributed by atoms with van der Waals surface area (Å²) < 4.78 is 16.0. The Kier molecular flexibility index (Phi) is 7.53. The van der Waals surface area contributed by atoms with Crippen LogP contribution in [-0.4, -0.2) is 55.5 Å². The first kappa shape index (κ1) is 19.1. The number of ether oxygens (including phenoxy) is 3. The number of rotatable bonds is 6. The fraction of sp³-hybridized carbons (Fsp3) is 0.556. The van der Waals surface area contributed by atoms with Gasteiger partial charge in [0.2, 0.25) is 0 Å². The monoisotopic (exact) mass is 350 g/mol. The molecule has 7 heteroatoms. The lowest BCUT2D eigenvalue weighted by molar-refractivity contribution is -0.0164. The number of benzene rings is 1. The molecule has 1 aliphatic rings. The van der Waals surface area contributed by atoms with Crippen LogP contribution in [0, 0.1) is 0 Å². The van der Waals surface area contributed by atoms with E-state index in [0.717, 1.165) is 5.56 Å². The zero-order chi connectivity index (χ0) is 18.1. The quantitative estimate of drug-likeness (QED) is 0.853. The number of likely N-dealkylation sites (tertiary alicyclic amines) is 1. The van der Waals surface area contributed by atoms with Gasteiger partial charge in [-0.25, -0.2) is 9.59 Å². The van der Waals surface area contributed by atoms with E-state index in [1.54, 1.807) is 11.8 Å². The van der Waals surface area contributed by atoms with Crippen LogP contribution in [0.5, 0.6) is 0 Å². The zero-order valence-corrected chi connectivity index (χ0v) is 14.8. The predicted molar refractivity (Wildman–Crippen MR) is 92.2 cm³/mol. The van der Waals surface area contributed by atoms with Crippen molar-refractivity contribution < 1.29 is 23.8 Å². The van der Waals surface area contributed by atoms with E-state index in [-0.39, 0.29) is 24.8 Å². The van der Waals surface area contributed by atoms with Crippen molar-refractivity contribution in [3.05, 3.63) is 35.9 Å². The van der Waals surface area contributed by atoms with Gasteiger partial charge in [0, 0.05) is 13.2 Å². The molecule has 1 saturated heterocycles. The SMILES string of the molecule is CCOC(=O)N1CCC(NC(=O)OCc2ccccc2)C(OCC)C1. The number of nitrogens with zero attached hydrogens (tertiary/aromatic N) is 1. The lowest BCUT2D eigenvalue weighted by atomic mass is 10.0. The van der Waals surface area contributed by atoms with Crippen LogP contribution in [0.2, 0.25) is 0 Å². The van der Waals surface area contributed by atoms with Gasteiger partial charge in [-0.1, -0.05) is 30.3 Å². The van der Waals surface area contributed by atoms with Gasteiger partial charge in [-0.15, -0.1) is 0 Å². The molecule has 138 valence electrons. The molecule has 1 aliphatic heterocycles. The molecule has 1 fully saturated rings. The Morgan fingerprint density at radius 1 is 1.16 bits per heavy atom. The van der Waals surface area contributed by atoms with Crippen molar-refractivity contribution >= 4 is 12.2 Å². The molecule has 2 atom stereocenters. The first-order valence-electron chi connectivity index (χ1n) is 8.64. The van der Waals surface area contributed by atoms with E-state index in [1.165, 1.54) is 0 Å². The molecule has 1 heterocycles. The second kappa shape index (κ2) is 9.88. The van der Waals surface area contributed by atoms with Crippen LogP contribution in [0.4, 0.5) is 9.59 Å². The highest BCUT2D eigenvalue weighted by atomic mass is 16.6. The highest BCUT2D eigenvalue weighted by Crippen LogP contribution is 2.16. The molecule has 0 spiro atoms. The van der Waals surface area contributed by atoms with E-state index in [1.807, 2.05) is 37.3 Å². The van der Waals surface area contributed by atoms with Crippen LogP contribution in [0.3, 0.4) is 0 Å². The number of piperidine rings is 1. The highest BCUT2D eigenvalue weighted by molar-refractivity contribution is 5.69. The molecular weight excluding hydrogens is 324 g/mol. The number of hydrogen-bond donors (Lipinski definition) is 1. The number of alkyl carbamates (subject to hydrolysis) is 1. The highest BCUT2D eigenvalue weighted by Gasteiger charge is 2.33. The van der Waals surface area contributed by atoms with Crippen LogP contribution in [0.1, 0.15) is 25.8 Å². The lowest BCUT2D eigenvalue weighted by Crippen LogP contribution is -2.56. The van der Waals surface area contributed by atoms with E-state index < -0.39 is 6.09 Å². The molecule has 1 aromatic rings. The van der Waals surface area contributed by atoms with E-state index in [2.05, 4.69) is 5.32 Å². The van der Waals surface area contributed by atoms with E-state index in [4.69, 9.17) is 14.2 Å². The average molecular weight is 350 g/mol. The van der Waals surface area contributed by atoms with Crippen LogP contribution in [0.15, 0.2) is 30.3 Å². The first-order chi connectivity index (χ1) is 12.1. The summed E-state index contributed by atoms with van der Waals surface area (Å²) in [7, 11) is 0. The number of carbonyl (C=O) groups excluding carboxylic acids is 2. The molecule has 0 aliphatic carbocycles. The summed E-state index contributed by atoms with van der Waals surface area (Å²) in [5.74, 6) is 0. The molecule has 0 aromatic heterocycles. The predicted octanol–water partition coefficient (Wildman–Crippen LogP) is 2.55. The minimum Gasteiger partial charge on any atom is -0.450 e. The number of hydrogen-bond acceptors (Lipinski definition) is 5. The fourth-order valence-corrected chi connectivity index (χ4v) is 2.76. The Hall–Kier alpha value is -2.28. The minimum atomic E-state index is -0.483. The largest absolute Gasteiger partial charge is 0.450 e. The normalized spacial score (nSPS) is 20.0. The van der Waals surface area contributed by atoms with Crippen molar-refractivity contribution in [1.29, 1.82) is 0 Å². The van der Waals surface area contributed by atoms with Gasteiger partial charge in [0.25, 0.3) is 0 Å². The standard InChI is InChI=1S/C18H26N2O5/c1-3-23-16-12-20(18(22)24-4-2)11-10-15(16)19-17(21)25-13-14-8-6-5-7-9-14/h5-9,15-16H,3-4,10-13H2,1-2H3,(H,19,21). The van der Waals surface area contributed by atoms with E-state index in [0.29, 0.717) is 32.7 Å². The molecule has 2 unspecified atom stereocenters. The maximum absolute atomic E-state index is 12.1. The Morgan fingerprint density at radius 3 is 2.60 bits per heavy atom. The van der Waals surface area contributed by atoms with Crippen molar-refractivity contribution in [2.24, 2.45) is 0 Å². The summed E-state index contributed by atoms with van der Waals surface area (Å²) >= 11 is 0. The number of amides is 2. The van der Waals surface area contributed by atoms with E-state index in [9.17, 15) is 9.59 Å². The average Bonchev–Trinajstić information content (AvgIpc) is 2.62. The molecule has 0 saturated carbocycles. The van der Waals surface area contributed by atoms with Crippen LogP contribution in [0.25, 0.3) is 0 Å². The van der Waals surface area contributed by atoms with Gasteiger partial charge in [-0.2, -0.15) is 0 Å². The maximum atomic E-state index is 12.1. The van der Waals surface area contributed by atoms with Crippen molar-refractivity contribution in [2.45, 2.75) is 39.0 Å². The molecule has 1 aromatic carbocycles. The summed E-state index contributed by atoms with van der Waals surface area (Å²) in [6.07, 6.45) is -0.530. The minimum absolute atomic E-state index is 0.200. The first-order valence-corrected chi connectivity index (χ1v) is 8.64. The summed E-state index contributed by atoms with van der Waals surface area (Å²) in [5, 5.41) is 2.85. The van der Waals surface area contributed by atoms with Crippen LogP contribution < -0.4 is 5.32 Å². The smallest absolute Gasteiger partial charge is 0.409 e. The molecule has 7 nitrogen and oxygen atoms in total. The summed E-state index contributed by atoms with van der Waals surface area (Å²) in [4.78, 5) is 25.5. The topological polar surface area (TPSA) is 77.1 Å². The van der Waals surface area contributed by atoms with Gasteiger partial charge in [0.1, 0.15) is 6.61 Å². The second-order valence-electron chi connectivity index (χ2n) is 5.74. The molecule has 25 heavy (non-hydrogen) atoms. The Balaban J connectivity index is 1.85. The third kappa shape index (κ3) is 5.94. The summed E-state index contributed by atoms with van der Waals surface area (Å²) in [6, 6.07) is 9.30. The Bertz CT molecular complexity index is 552. The molecular formula is C18H26N2O5. The third-order valence-electron chi connectivity index (χ3n) is 3.98. The molecule has 1 N–H and O–H groups in total. The molecule has 0 bridgehead atoms. The number of carbonyl (C=O) groups is 2. The van der Waals surface area contributed by atoms with Crippen molar-refractivity contribution in [3.63, 3.8) is 0 Å². The van der Waals surface area contributed by atoms with Gasteiger partial charge in [0.15, 0.2) is 0 Å². The van der Waals surface area contributed by atoms with Crippen LogP contribution >= 0.6 is 0 Å². The fourth-order valence-electron chi connectivity index (χ4n) is 2.76. The van der Waals surface area contributed by atoms with Gasteiger partial charge in [-0.05, 0) is 25.8 Å². The Morgan fingerprint density at radius 2 is 1.92 bits per heavy atom. The number of nitrogens with one attached hydrogen (secondary N) is 1. The molecule has 2 rings (SSSR count). The molecule has 2 amide bonds. The molecule has 0 radical (unpaired) electrons. The van der Waals surface area contributed by atoms with Gasteiger partial charge in [-0.3, -0.25) is 0 Å². The van der Waals surface area contributed by atoms with Crippen molar-refractivity contribution in [1.82, 2.24) is 10.2 Å². The van der Waals surface area contributed by atoms with Gasteiger partial charge in [0.05, 0.1) is 25.3 Å². The van der Waals surface area contributed by atoms with Gasteiger partial charge >= 0.3 is 12.2 Å². The summed E-state index contributed by atoms with van der Waals surface area (Å²) in [5.41, 5.74) is 0.927. The Labute approximate surface area is 148 Å².